The van der Waals surface area contributed by atoms with Crippen molar-refractivity contribution in [3.05, 3.63) is 51.1 Å². The number of aryl methyl sites for hydroxylation is 1. The molecule has 0 unspecified atom stereocenters. The van der Waals surface area contributed by atoms with Crippen LogP contribution in [0.2, 0.25) is 0 Å². The molecule has 0 aliphatic heterocycles. The molecule has 0 fully saturated rings. The molecule has 2 rings (SSSR count). The minimum atomic E-state index is -0.670. The molecule has 0 bridgehead atoms. The number of hydrogen-bond acceptors (Lipinski definition) is 5. The number of pyridine rings is 1. The monoisotopic (exact) mass is 441 g/mol. The van der Waals surface area contributed by atoms with Gasteiger partial charge in [0.2, 0.25) is 0 Å². The lowest BCUT2D eigenvalue weighted by Crippen LogP contribution is -2.34. The summed E-state index contributed by atoms with van der Waals surface area (Å²) in [6.07, 6.45) is 2.54. The maximum absolute atomic E-state index is 13.2. The molecular weight excluding hydrogens is 421 g/mol. The molecule has 0 saturated heterocycles. The smallest absolute Gasteiger partial charge is 0.407 e. The number of amides is 1. The zero-order chi connectivity index (χ0) is 20.2. The lowest BCUT2D eigenvalue weighted by Gasteiger charge is -2.19. The van der Waals surface area contributed by atoms with E-state index in [2.05, 4.69) is 31.3 Å². The van der Waals surface area contributed by atoms with E-state index in [1.54, 1.807) is 26.8 Å². The van der Waals surface area contributed by atoms with E-state index >= 15 is 0 Å². The maximum atomic E-state index is 13.2. The number of carbonyl (C=O) groups excluding carboxylic acids is 1. The number of hydrogen-bond donors (Lipinski definition) is 1. The Morgan fingerprint density at radius 1 is 1.44 bits per heavy atom. The summed E-state index contributed by atoms with van der Waals surface area (Å²) < 4.78 is 21.4. The molecule has 0 aromatic carbocycles. The summed E-state index contributed by atoms with van der Waals surface area (Å²) in [5.74, 6) is 0. The number of carbonyl (C=O) groups is 1. The van der Waals surface area contributed by atoms with Crippen LogP contribution in [0.1, 0.15) is 26.3 Å². The second-order valence-electron chi connectivity index (χ2n) is 6.87. The van der Waals surface area contributed by atoms with E-state index in [0.717, 1.165) is 10.2 Å². The van der Waals surface area contributed by atoms with Crippen LogP contribution in [0.25, 0.3) is 5.69 Å². The van der Waals surface area contributed by atoms with Gasteiger partial charge in [0.05, 0.1) is 24.8 Å². The van der Waals surface area contributed by atoms with Crippen LogP contribution in [-0.4, -0.2) is 37.6 Å². The van der Waals surface area contributed by atoms with Crippen molar-refractivity contribution < 1.29 is 13.9 Å². The quantitative estimate of drug-likeness (QED) is 0.720. The first kappa shape index (κ1) is 20.8. The lowest BCUT2D eigenvalue weighted by molar-refractivity contribution is 0.0532. The topological polar surface area (TPSA) is 91.0 Å². The van der Waals surface area contributed by atoms with Crippen LogP contribution in [0.5, 0.6) is 0 Å². The highest BCUT2D eigenvalue weighted by Gasteiger charge is 2.16. The van der Waals surface area contributed by atoms with Crippen molar-refractivity contribution in [2.24, 2.45) is 0 Å². The molecule has 27 heavy (non-hydrogen) atoms. The average molecular weight is 442 g/mol. The number of nitrogens with zero attached hydrogens (tertiary/aromatic N) is 4. The lowest BCUT2D eigenvalue weighted by atomic mass is 10.2. The van der Waals surface area contributed by atoms with Gasteiger partial charge in [0.15, 0.2) is 0 Å². The van der Waals surface area contributed by atoms with Crippen molar-refractivity contribution in [3.63, 3.8) is 0 Å². The highest BCUT2D eigenvalue weighted by Crippen LogP contribution is 2.15. The Morgan fingerprint density at radius 2 is 2.15 bits per heavy atom. The van der Waals surface area contributed by atoms with Gasteiger partial charge in [-0.15, -0.1) is 0 Å². The molecule has 0 aliphatic carbocycles. The van der Waals surface area contributed by atoms with Gasteiger partial charge in [-0.3, -0.25) is 0 Å². The molecule has 10 heteroatoms. The first-order chi connectivity index (χ1) is 12.6. The third-order valence-corrected chi connectivity index (χ3v) is 4.21. The summed E-state index contributed by atoms with van der Waals surface area (Å²) in [5, 5.41) is 6.44. The third-order valence-electron chi connectivity index (χ3n) is 3.38. The second-order valence-corrected chi connectivity index (χ2v) is 7.62. The van der Waals surface area contributed by atoms with Gasteiger partial charge in [-0.1, -0.05) is 0 Å². The number of alkyl carbamates (subject to hydrolysis) is 1. The van der Waals surface area contributed by atoms with E-state index in [4.69, 9.17) is 4.74 Å². The molecular formula is C17H21BrFN5O3. The molecule has 2 heterocycles. The first-order valence-electron chi connectivity index (χ1n) is 8.12. The Morgan fingerprint density at radius 3 is 2.74 bits per heavy atom. The second kappa shape index (κ2) is 8.47. The summed E-state index contributed by atoms with van der Waals surface area (Å²) in [5.41, 5.74) is 0.465. The molecule has 0 atom stereocenters. The van der Waals surface area contributed by atoms with Crippen molar-refractivity contribution in [1.82, 2.24) is 24.6 Å². The fourth-order valence-electron chi connectivity index (χ4n) is 2.12. The van der Waals surface area contributed by atoms with E-state index in [1.165, 1.54) is 17.1 Å². The SMILES string of the molecule is Cc1cc(-n2cnn(C/C(=C/F)CNC(=O)OC(C)(C)C)c2=O)cnc1Br. The molecule has 0 aliphatic rings. The molecule has 0 saturated carbocycles. The van der Waals surface area contributed by atoms with Crippen LogP contribution < -0.4 is 11.0 Å². The van der Waals surface area contributed by atoms with Crippen LogP contribution in [0.4, 0.5) is 9.18 Å². The fraction of sp³-hybridized carbons (Fsp3) is 0.412. The van der Waals surface area contributed by atoms with E-state index in [1.807, 2.05) is 6.92 Å². The van der Waals surface area contributed by atoms with Crippen molar-refractivity contribution in [2.45, 2.75) is 39.8 Å². The van der Waals surface area contributed by atoms with Crippen molar-refractivity contribution in [1.29, 1.82) is 0 Å². The average Bonchev–Trinajstić information content (AvgIpc) is 2.93. The Balaban J connectivity index is 2.08. The number of aromatic nitrogens is 4. The molecule has 0 spiro atoms. The van der Waals surface area contributed by atoms with Gasteiger partial charge in [-0.05, 0) is 60.8 Å². The highest BCUT2D eigenvalue weighted by molar-refractivity contribution is 9.10. The molecule has 0 radical (unpaired) electrons. The number of halogens is 2. The summed E-state index contributed by atoms with van der Waals surface area (Å²) in [4.78, 5) is 28.3. The van der Waals surface area contributed by atoms with E-state index < -0.39 is 17.4 Å². The van der Waals surface area contributed by atoms with Gasteiger partial charge >= 0.3 is 11.8 Å². The van der Waals surface area contributed by atoms with Crippen LogP contribution in [0.3, 0.4) is 0 Å². The Bertz CT molecular complexity index is 914. The van der Waals surface area contributed by atoms with Gasteiger partial charge in [0, 0.05) is 6.54 Å². The van der Waals surface area contributed by atoms with Gasteiger partial charge in [-0.25, -0.2) is 28.2 Å². The van der Waals surface area contributed by atoms with E-state index in [9.17, 15) is 14.0 Å². The van der Waals surface area contributed by atoms with Crippen LogP contribution in [-0.2, 0) is 11.3 Å². The largest absolute Gasteiger partial charge is 0.444 e. The van der Waals surface area contributed by atoms with Crippen LogP contribution >= 0.6 is 15.9 Å². The Labute approximate surface area is 164 Å². The zero-order valence-corrected chi connectivity index (χ0v) is 17.1. The predicted octanol–water partition coefficient (Wildman–Crippen LogP) is 2.88. The van der Waals surface area contributed by atoms with Crippen molar-refractivity contribution in [2.75, 3.05) is 6.54 Å². The third kappa shape index (κ3) is 5.75. The molecule has 1 N–H and O–H groups in total. The van der Waals surface area contributed by atoms with Gasteiger partial charge in [-0.2, -0.15) is 5.10 Å². The standard InChI is InChI=1S/C17H21BrFN5O3/c1-11-5-13(8-20-14(11)18)23-10-22-24(16(23)26)9-12(6-19)7-21-15(25)27-17(2,3)4/h5-6,8,10H,7,9H2,1-4H3,(H,21,25)/b12-6+. The Hall–Kier alpha value is -2.49. The minimum Gasteiger partial charge on any atom is -0.444 e. The molecule has 146 valence electrons. The van der Waals surface area contributed by atoms with Crippen LogP contribution in [0.15, 0.2) is 39.9 Å². The van der Waals surface area contributed by atoms with E-state index in [-0.39, 0.29) is 18.7 Å². The number of ether oxygens (including phenoxy) is 1. The van der Waals surface area contributed by atoms with Gasteiger partial charge in [0.1, 0.15) is 16.5 Å². The summed E-state index contributed by atoms with van der Waals surface area (Å²) in [7, 11) is 0. The molecule has 2 aromatic heterocycles. The summed E-state index contributed by atoms with van der Waals surface area (Å²) >= 11 is 3.30. The molecule has 8 nitrogen and oxygen atoms in total. The normalized spacial score (nSPS) is 12.1. The van der Waals surface area contributed by atoms with Gasteiger partial charge in [0.25, 0.3) is 0 Å². The maximum Gasteiger partial charge on any atom is 0.407 e. The zero-order valence-electron chi connectivity index (χ0n) is 15.5. The summed E-state index contributed by atoms with van der Waals surface area (Å²) in [6.45, 7) is 6.81. The fourth-order valence-corrected chi connectivity index (χ4v) is 2.34. The molecule has 2 aromatic rings. The summed E-state index contributed by atoms with van der Waals surface area (Å²) in [6, 6.07) is 1.78. The highest BCUT2D eigenvalue weighted by atomic mass is 79.9. The van der Waals surface area contributed by atoms with Crippen LogP contribution in [0, 0.1) is 6.92 Å². The van der Waals surface area contributed by atoms with Crippen molar-refractivity contribution >= 4 is 22.0 Å². The number of rotatable bonds is 5. The van der Waals surface area contributed by atoms with Gasteiger partial charge < -0.3 is 10.1 Å². The minimum absolute atomic E-state index is 0.107. The molecule has 1 amide bonds. The number of nitrogens with one attached hydrogen (secondary N) is 1. The Kier molecular flexibility index (Phi) is 6.53. The van der Waals surface area contributed by atoms with Crippen molar-refractivity contribution in [3.8, 4) is 5.69 Å². The first-order valence-corrected chi connectivity index (χ1v) is 8.92. The predicted molar refractivity (Wildman–Crippen MR) is 101 cm³/mol. The van der Waals surface area contributed by atoms with E-state index in [0.29, 0.717) is 16.6 Å².